The quantitative estimate of drug-likeness (QED) is 0.740. The van der Waals surface area contributed by atoms with E-state index in [1.807, 2.05) is 0 Å². The number of alkyl halides is 1. The van der Waals surface area contributed by atoms with E-state index in [2.05, 4.69) is 0 Å². The lowest BCUT2D eigenvalue weighted by atomic mass is 10.1. The van der Waals surface area contributed by atoms with Crippen LogP contribution in [-0.4, -0.2) is 31.3 Å². The first-order valence-corrected chi connectivity index (χ1v) is 4.46. The normalized spacial score (nSPS) is 10.0. The molecule has 0 saturated carbocycles. The monoisotopic (exact) mass is 212 g/mol. The Morgan fingerprint density at radius 1 is 1.60 bits per heavy atom. The van der Waals surface area contributed by atoms with E-state index >= 15 is 0 Å². The standard InChI is InChI=1S/C10H13FN2O2/c1-13(5-4-11)9-3-2-7(10(14)15)6-8(9)12/h2-3,6H,4-5,12H2,1H3,(H,14,15). The smallest absolute Gasteiger partial charge is 0.335 e. The molecule has 0 bridgehead atoms. The van der Waals surface area contributed by atoms with Crippen LogP contribution in [0.15, 0.2) is 18.2 Å². The number of halogens is 1. The third-order valence-corrected chi connectivity index (χ3v) is 2.11. The van der Waals surface area contributed by atoms with Crippen LogP contribution in [0.25, 0.3) is 0 Å². The van der Waals surface area contributed by atoms with Gasteiger partial charge in [-0.15, -0.1) is 0 Å². The van der Waals surface area contributed by atoms with Crippen molar-refractivity contribution in [1.82, 2.24) is 0 Å². The molecule has 82 valence electrons. The summed E-state index contributed by atoms with van der Waals surface area (Å²) in [6.07, 6.45) is 0. The molecular formula is C10H13FN2O2. The average molecular weight is 212 g/mol. The Hall–Kier alpha value is -1.78. The summed E-state index contributed by atoms with van der Waals surface area (Å²) < 4.78 is 12.1. The second kappa shape index (κ2) is 4.63. The van der Waals surface area contributed by atoms with Crippen LogP contribution in [0.4, 0.5) is 15.8 Å². The zero-order valence-electron chi connectivity index (χ0n) is 8.40. The van der Waals surface area contributed by atoms with Crippen molar-refractivity contribution < 1.29 is 14.3 Å². The molecule has 3 N–H and O–H groups in total. The van der Waals surface area contributed by atoms with Crippen molar-refractivity contribution in [2.75, 3.05) is 30.9 Å². The van der Waals surface area contributed by atoms with Crippen LogP contribution < -0.4 is 10.6 Å². The maximum absolute atomic E-state index is 12.1. The van der Waals surface area contributed by atoms with Crippen LogP contribution in [0.3, 0.4) is 0 Å². The molecule has 0 radical (unpaired) electrons. The van der Waals surface area contributed by atoms with Gasteiger partial charge in [0.2, 0.25) is 0 Å². The number of aromatic carboxylic acids is 1. The lowest BCUT2D eigenvalue weighted by Crippen LogP contribution is -2.21. The third-order valence-electron chi connectivity index (χ3n) is 2.11. The number of nitrogens with two attached hydrogens (primary N) is 1. The summed E-state index contributed by atoms with van der Waals surface area (Å²) in [6, 6.07) is 4.39. The Morgan fingerprint density at radius 3 is 2.73 bits per heavy atom. The van der Waals surface area contributed by atoms with Gasteiger partial charge >= 0.3 is 5.97 Å². The molecule has 0 atom stereocenters. The van der Waals surface area contributed by atoms with Gasteiger partial charge < -0.3 is 15.7 Å². The van der Waals surface area contributed by atoms with Gasteiger partial charge in [-0.2, -0.15) is 0 Å². The predicted octanol–water partition coefficient (Wildman–Crippen LogP) is 1.37. The number of nitrogen functional groups attached to an aromatic ring is 1. The van der Waals surface area contributed by atoms with Crippen molar-refractivity contribution in [1.29, 1.82) is 0 Å². The highest BCUT2D eigenvalue weighted by atomic mass is 19.1. The Kier molecular flexibility index (Phi) is 3.49. The maximum atomic E-state index is 12.1. The average Bonchev–Trinajstić information content (AvgIpc) is 2.17. The van der Waals surface area contributed by atoms with E-state index in [1.54, 1.807) is 18.0 Å². The lowest BCUT2D eigenvalue weighted by molar-refractivity contribution is 0.0697. The molecule has 0 saturated heterocycles. The number of carbonyl (C=O) groups is 1. The fourth-order valence-corrected chi connectivity index (χ4v) is 1.28. The van der Waals surface area contributed by atoms with Crippen LogP contribution in [0.1, 0.15) is 10.4 Å². The number of nitrogens with zero attached hydrogens (tertiary/aromatic N) is 1. The summed E-state index contributed by atoms with van der Waals surface area (Å²) in [4.78, 5) is 12.3. The van der Waals surface area contributed by atoms with Gasteiger partial charge in [0.05, 0.1) is 16.9 Å². The number of hydrogen-bond donors (Lipinski definition) is 2. The van der Waals surface area contributed by atoms with Gasteiger partial charge in [0, 0.05) is 13.6 Å². The maximum Gasteiger partial charge on any atom is 0.335 e. The van der Waals surface area contributed by atoms with E-state index < -0.39 is 12.6 Å². The molecule has 0 unspecified atom stereocenters. The Labute approximate surface area is 87.1 Å². The van der Waals surface area contributed by atoms with E-state index in [0.29, 0.717) is 11.4 Å². The van der Waals surface area contributed by atoms with Gasteiger partial charge in [-0.05, 0) is 18.2 Å². The van der Waals surface area contributed by atoms with Crippen molar-refractivity contribution in [3.8, 4) is 0 Å². The van der Waals surface area contributed by atoms with Gasteiger partial charge in [-0.25, -0.2) is 9.18 Å². The first kappa shape index (κ1) is 11.3. The summed E-state index contributed by atoms with van der Waals surface area (Å²) in [5.41, 5.74) is 6.77. The van der Waals surface area contributed by atoms with Gasteiger partial charge in [0.15, 0.2) is 0 Å². The highest BCUT2D eigenvalue weighted by Gasteiger charge is 2.08. The Balaban J connectivity index is 2.97. The molecule has 0 heterocycles. The molecule has 0 aromatic heterocycles. The second-order valence-electron chi connectivity index (χ2n) is 3.19. The first-order chi connectivity index (χ1) is 7.06. The highest BCUT2D eigenvalue weighted by Crippen LogP contribution is 2.23. The molecular weight excluding hydrogens is 199 g/mol. The second-order valence-corrected chi connectivity index (χ2v) is 3.19. The number of anilines is 2. The Bertz CT molecular complexity index is 368. The molecule has 0 aliphatic carbocycles. The zero-order chi connectivity index (χ0) is 11.4. The van der Waals surface area contributed by atoms with Crippen molar-refractivity contribution in [2.45, 2.75) is 0 Å². The summed E-state index contributed by atoms with van der Waals surface area (Å²) >= 11 is 0. The van der Waals surface area contributed by atoms with Crippen molar-refractivity contribution in [2.24, 2.45) is 0 Å². The van der Waals surface area contributed by atoms with Crippen molar-refractivity contribution >= 4 is 17.3 Å². The molecule has 0 aliphatic rings. The molecule has 0 fully saturated rings. The molecule has 0 amide bonds. The summed E-state index contributed by atoms with van der Waals surface area (Å²) in [5.74, 6) is -1.03. The molecule has 5 heteroatoms. The summed E-state index contributed by atoms with van der Waals surface area (Å²) in [6.45, 7) is -0.243. The minimum atomic E-state index is -1.03. The van der Waals surface area contributed by atoms with E-state index in [4.69, 9.17) is 10.8 Å². The van der Waals surface area contributed by atoms with Gasteiger partial charge in [0.25, 0.3) is 0 Å². The molecule has 15 heavy (non-hydrogen) atoms. The molecule has 1 aromatic rings. The van der Waals surface area contributed by atoms with Gasteiger partial charge in [-0.1, -0.05) is 0 Å². The van der Waals surface area contributed by atoms with E-state index in [9.17, 15) is 9.18 Å². The Morgan fingerprint density at radius 2 is 2.27 bits per heavy atom. The van der Waals surface area contributed by atoms with Crippen LogP contribution >= 0.6 is 0 Å². The van der Waals surface area contributed by atoms with Crippen molar-refractivity contribution in [3.05, 3.63) is 23.8 Å². The minimum absolute atomic E-state index is 0.130. The number of benzene rings is 1. The largest absolute Gasteiger partial charge is 0.478 e. The summed E-state index contributed by atoms with van der Waals surface area (Å²) in [5, 5.41) is 8.71. The third kappa shape index (κ3) is 2.59. The van der Waals surface area contributed by atoms with Gasteiger partial charge in [0.1, 0.15) is 6.67 Å². The minimum Gasteiger partial charge on any atom is -0.478 e. The topological polar surface area (TPSA) is 66.6 Å². The fraction of sp³-hybridized carbons (Fsp3) is 0.300. The summed E-state index contributed by atoms with van der Waals surface area (Å²) in [7, 11) is 1.70. The van der Waals surface area contributed by atoms with Crippen LogP contribution in [-0.2, 0) is 0 Å². The van der Waals surface area contributed by atoms with E-state index in [0.717, 1.165) is 0 Å². The van der Waals surface area contributed by atoms with Gasteiger partial charge in [-0.3, -0.25) is 0 Å². The van der Waals surface area contributed by atoms with E-state index in [1.165, 1.54) is 12.1 Å². The highest BCUT2D eigenvalue weighted by molar-refractivity contribution is 5.90. The SMILES string of the molecule is CN(CCF)c1ccc(C(=O)O)cc1N. The molecule has 1 rings (SSSR count). The fourth-order valence-electron chi connectivity index (χ4n) is 1.28. The van der Waals surface area contributed by atoms with Crippen LogP contribution in [0, 0.1) is 0 Å². The molecule has 4 nitrogen and oxygen atoms in total. The number of hydrogen-bond acceptors (Lipinski definition) is 3. The number of carboxylic acid groups (broad SMARTS) is 1. The lowest BCUT2D eigenvalue weighted by Gasteiger charge is -2.19. The molecule has 1 aromatic carbocycles. The number of carboxylic acids is 1. The van der Waals surface area contributed by atoms with Crippen LogP contribution in [0.2, 0.25) is 0 Å². The zero-order valence-corrected chi connectivity index (χ0v) is 8.40. The van der Waals surface area contributed by atoms with E-state index in [-0.39, 0.29) is 12.1 Å². The molecule has 0 spiro atoms. The molecule has 0 aliphatic heterocycles. The van der Waals surface area contributed by atoms with Crippen LogP contribution in [0.5, 0.6) is 0 Å². The van der Waals surface area contributed by atoms with Crippen molar-refractivity contribution in [3.63, 3.8) is 0 Å². The predicted molar refractivity (Wildman–Crippen MR) is 57.1 cm³/mol. The number of rotatable bonds is 4. The first-order valence-electron chi connectivity index (χ1n) is 4.46.